The van der Waals surface area contributed by atoms with E-state index < -0.39 is 16.0 Å². The molecule has 7 heteroatoms. The number of sulfonamides is 1. The van der Waals surface area contributed by atoms with Crippen LogP contribution in [0.2, 0.25) is 0 Å². The second kappa shape index (κ2) is 7.06. The van der Waals surface area contributed by atoms with E-state index in [-0.39, 0.29) is 24.9 Å². The van der Waals surface area contributed by atoms with Crippen molar-refractivity contribution in [2.45, 2.75) is 32.2 Å². The van der Waals surface area contributed by atoms with Crippen molar-refractivity contribution in [1.29, 1.82) is 0 Å². The zero-order valence-corrected chi connectivity index (χ0v) is 11.7. The van der Waals surface area contributed by atoms with Crippen molar-refractivity contribution in [1.82, 2.24) is 4.31 Å². The van der Waals surface area contributed by atoms with Crippen molar-refractivity contribution < 1.29 is 22.7 Å². The normalized spacial score (nSPS) is 15.9. The first-order valence-electron chi connectivity index (χ1n) is 6.15. The van der Waals surface area contributed by atoms with Gasteiger partial charge in [-0.25, -0.2) is 8.42 Å². The third-order valence-electron chi connectivity index (χ3n) is 2.65. The molecule has 106 valence electrons. The summed E-state index contributed by atoms with van der Waals surface area (Å²) in [7, 11) is -1.86. The van der Waals surface area contributed by atoms with Crippen LogP contribution in [0.1, 0.15) is 26.2 Å². The van der Waals surface area contributed by atoms with Gasteiger partial charge in [-0.05, 0) is 26.2 Å². The van der Waals surface area contributed by atoms with E-state index in [1.807, 2.05) is 0 Å². The lowest BCUT2D eigenvalue weighted by Crippen LogP contribution is -2.39. The van der Waals surface area contributed by atoms with E-state index in [1.165, 1.54) is 11.4 Å². The molecule has 0 amide bonds. The van der Waals surface area contributed by atoms with Crippen LogP contribution >= 0.6 is 0 Å². The highest BCUT2D eigenvalue weighted by Gasteiger charge is 2.38. The number of methoxy groups -OCH3 is 1. The fourth-order valence-electron chi connectivity index (χ4n) is 1.65. The van der Waals surface area contributed by atoms with Crippen molar-refractivity contribution in [2.24, 2.45) is 0 Å². The third kappa shape index (κ3) is 4.91. The van der Waals surface area contributed by atoms with E-state index in [9.17, 15) is 13.2 Å². The zero-order chi connectivity index (χ0) is 13.6. The lowest BCUT2D eigenvalue weighted by molar-refractivity contribution is -0.143. The molecule has 0 aliphatic heterocycles. The van der Waals surface area contributed by atoms with Crippen LogP contribution in [-0.4, -0.2) is 57.4 Å². The summed E-state index contributed by atoms with van der Waals surface area (Å²) in [6.45, 7) is 2.19. The molecule has 0 aromatic heterocycles. The van der Waals surface area contributed by atoms with Gasteiger partial charge in [-0.15, -0.1) is 0 Å². The Morgan fingerprint density at radius 2 is 2.06 bits per heavy atom. The highest BCUT2D eigenvalue weighted by Crippen LogP contribution is 2.29. The van der Waals surface area contributed by atoms with Crippen LogP contribution in [0.25, 0.3) is 0 Å². The molecule has 0 spiro atoms. The fourth-order valence-corrected chi connectivity index (χ4v) is 3.34. The number of carbonyl (C=O) groups is 1. The van der Waals surface area contributed by atoms with Crippen molar-refractivity contribution in [3.63, 3.8) is 0 Å². The Morgan fingerprint density at radius 3 is 2.56 bits per heavy atom. The number of hydrogen-bond donors (Lipinski definition) is 0. The minimum absolute atomic E-state index is 0.0107. The molecule has 0 aromatic carbocycles. The van der Waals surface area contributed by atoms with E-state index in [0.29, 0.717) is 13.0 Å². The molecule has 0 heterocycles. The predicted molar refractivity (Wildman–Crippen MR) is 66.6 cm³/mol. The maximum atomic E-state index is 12.1. The topological polar surface area (TPSA) is 72.9 Å². The molecule has 1 fully saturated rings. The Hall–Kier alpha value is -0.660. The monoisotopic (exact) mass is 279 g/mol. The van der Waals surface area contributed by atoms with Gasteiger partial charge in [-0.2, -0.15) is 4.31 Å². The summed E-state index contributed by atoms with van der Waals surface area (Å²) in [5.74, 6) is -0.476. The molecule has 1 rings (SSSR count). The molecule has 6 nitrogen and oxygen atoms in total. The smallest absolute Gasteiger partial charge is 0.321 e. The number of ether oxygens (including phenoxy) is 2. The minimum Gasteiger partial charge on any atom is -0.465 e. The molecule has 0 unspecified atom stereocenters. The molecule has 0 aromatic rings. The molecular weight excluding hydrogens is 258 g/mol. The molecule has 0 atom stereocenters. The number of carbonyl (C=O) groups excluding carboxylic acids is 1. The van der Waals surface area contributed by atoms with Gasteiger partial charge in [-0.1, -0.05) is 0 Å². The van der Waals surface area contributed by atoms with Gasteiger partial charge in [0.05, 0.1) is 12.4 Å². The summed E-state index contributed by atoms with van der Waals surface area (Å²) < 4.78 is 35.1. The highest BCUT2D eigenvalue weighted by atomic mass is 32.2. The molecule has 0 saturated heterocycles. The first-order chi connectivity index (χ1) is 8.51. The Morgan fingerprint density at radius 1 is 1.39 bits per heavy atom. The standard InChI is InChI=1S/C11H21NO5S/c1-3-17-11(13)9-12(10-5-6-10)18(14,15)8-4-7-16-2/h10H,3-9H2,1-2H3. The third-order valence-corrected chi connectivity index (χ3v) is 4.60. The van der Waals surface area contributed by atoms with E-state index >= 15 is 0 Å². The maximum Gasteiger partial charge on any atom is 0.321 e. The fraction of sp³-hybridized carbons (Fsp3) is 0.909. The molecule has 0 radical (unpaired) electrons. The molecule has 0 N–H and O–H groups in total. The average molecular weight is 279 g/mol. The summed E-state index contributed by atoms with van der Waals surface area (Å²) >= 11 is 0. The van der Waals surface area contributed by atoms with Crippen LogP contribution < -0.4 is 0 Å². The van der Waals surface area contributed by atoms with Crippen molar-refractivity contribution in [3.8, 4) is 0 Å². The van der Waals surface area contributed by atoms with E-state index in [0.717, 1.165) is 12.8 Å². The lowest BCUT2D eigenvalue weighted by atomic mass is 10.5. The van der Waals surface area contributed by atoms with Gasteiger partial charge in [0.15, 0.2) is 0 Å². The second-order valence-electron chi connectivity index (χ2n) is 4.24. The molecule has 1 aliphatic rings. The maximum absolute atomic E-state index is 12.1. The summed E-state index contributed by atoms with van der Waals surface area (Å²) in [4.78, 5) is 11.4. The first-order valence-corrected chi connectivity index (χ1v) is 7.76. The quantitative estimate of drug-likeness (QED) is 0.450. The van der Waals surface area contributed by atoms with Gasteiger partial charge in [0, 0.05) is 19.8 Å². The van der Waals surface area contributed by atoms with Gasteiger partial charge in [0.25, 0.3) is 0 Å². The molecular formula is C11H21NO5S. The predicted octanol–water partition coefficient (Wildman–Crippen LogP) is 0.380. The highest BCUT2D eigenvalue weighted by molar-refractivity contribution is 7.89. The minimum atomic E-state index is -3.39. The van der Waals surface area contributed by atoms with Crippen LogP contribution in [0.5, 0.6) is 0 Å². The molecule has 18 heavy (non-hydrogen) atoms. The summed E-state index contributed by atoms with van der Waals surface area (Å²) in [5, 5.41) is 0. The summed E-state index contributed by atoms with van der Waals surface area (Å²) in [5.41, 5.74) is 0. The van der Waals surface area contributed by atoms with Gasteiger partial charge in [0.2, 0.25) is 10.0 Å². The largest absolute Gasteiger partial charge is 0.465 e. The first kappa shape index (κ1) is 15.4. The number of rotatable bonds is 9. The van der Waals surface area contributed by atoms with Crippen molar-refractivity contribution in [2.75, 3.05) is 32.6 Å². The average Bonchev–Trinajstić information content (AvgIpc) is 3.10. The van der Waals surface area contributed by atoms with Gasteiger partial charge in [-0.3, -0.25) is 4.79 Å². The Labute approximate surface area is 108 Å². The van der Waals surface area contributed by atoms with Crippen LogP contribution in [0.15, 0.2) is 0 Å². The van der Waals surface area contributed by atoms with Crippen molar-refractivity contribution in [3.05, 3.63) is 0 Å². The van der Waals surface area contributed by atoms with E-state index in [2.05, 4.69) is 0 Å². The van der Waals surface area contributed by atoms with Gasteiger partial charge >= 0.3 is 5.97 Å². The van der Waals surface area contributed by atoms with E-state index in [4.69, 9.17) is 9.47 Å². The second-order valence-corrected chi connectivity index (χ2v) is 6.28. The van der Waals surface area contributed by atoms with Crippen molar-refractivity contribution >= 4 is 16.0 Å². The van der Waals surface area contributed by atoms with E-state index in [1.54, 1.807) is 6.92 Å². The lowest BCUT2D eigenvalue weighted by Gasteiger charge is -2.20. The van der Waals surface area contributed by atoms with Crippen LogP contribution in [0, 0.1) is 0 Å². The Balaban J connectivity index is 2.57. The zero-order valence-electron chi connectivity index (χ0n) is 10.9. The van der Waals surface area contributed by atoms with Crippen LogP contribution in [0.3, 0.4) is 0 Å². The SMILES string of the molecule is CCOC(=O)CN(C1CC1)S(=O)(=O)CCCOC. The van der Waals surface area contributed by atoms with Crippen LogP contribution in [0.4, 0.5) is 0 Å². The summed E-state index contributed by atoms with van der Waals surface area (Å²) in [6, 6.07) is -0.0260. The molecule has 1 saturated carbocycles. The Kier molecular flexibility index (Phi) is 6.04. The molecule has 0 bridgehead atoms. The van der Waals surface area contributed by atoms with Crippen LogP contribution in [-0.2, 0) is 24.3 Å². The summed E-state index contributed by atoms with van der Waals surface area (Å²) in [6.07, 6.45) is 2.08. The number of hydrogen-bond acceptors (Lipinski definition) is 5. The van der Waals surface area contributed by atoms with Gasteiger partial charge < -0.3 is 9.47 Å². The van der Waals surface area contributed by atoms with Gasteiger partial charge in [0.1, 0.15) is 6.54 Å². The Bertz CT molecular complexity index is 364. The molecule has 1 aliphatic carbocycles. The number of esters is 1. The number of nitrogens with zero attached hydrogens (tertiary/aromatic N) is 1.